The topological polar surface area (TPSA) is 63.2 Å². The second-order valence-corrected chi connectivity index (χ2v) is 8.83. The molecule has 3 aromatic rings. The molecule has 2 aliphatic rings. The quantitative estimate of drug-likeness (QED) is 0.692. The van der Waals surface area contributed by atoms with Gasteiger partial charge in [-0.2, -0.15) is 0 Å². The summed E-state index contributed by atoms with van der Waals surface area (Å²) in [4.78, 5) is 16.1. The standard InChI is InChI=1S/C24H27N5O/c1-23(2,25-3)17-5-6-19-21(11-17)29(15-24(19)8-9-24)22-27-13-16(14-28-22)20-12-18(30-4)7-10-26-20/h5-7,10-14,25H,8-9,15H2,1-4H3. The largest absolute Gasteiger partial charge is 0.497 e. The Morgan fingerprint density at radius 2 is 1.83 bits per heavy atom. The van der Waals surface area contributed by atoms with Crippen molar-refractivity contribution in [2.45, 2.75) is 37.6 Å². The van der Waals surface area contributed by atoms with Gasteiger partial charge in [-0.05, 0) is 57.0 Å². The van der Waals surface area contributed by atoms with E-state index < -0.39 is 0 Å². The lowest BCUT2D eigenvalue weighted by atomic mass is 9.90. The summed E-state index contributed by atoms with van der Waals surface area (Å²) in [5.41, 5.74) is 5.80. The van der Waals surface area contributed by atoms with Crippen LogP contribution in [0.2, 0.25) is 0 Å². The molecule has 1 saturated carbocycles. The van der Waals surface area contributed by atoms with E-state index in [0.717, 1.165) is 29.5 Å². The number of hydrogen-bond acceptors (Lipinski definition) is 6. The fourth-order valence-electron chi connectivity index (χ4n) is 4.26. The van der Waals surface area contributed by atoms with Crippen LogP contribution in [-0.4, -0.2) is 35.7 Å². The first kappa shape index (κ1) is 19.0. The summed E-state index contributed by atoms with van der Waals surface area (Å²) < 4.78 is 5.30. The molecule has 0 bridgehead atoms. The SMILES string of the molecule is CNC(C)(C)c1ccc2c(c1)N(c1ncc(-c3cc(OC)ccn3)cn1)CC21CC1. The highest BCUT2D eigenvalue weighted by atomic mass is 16.5. The summed E-state index contributed by atoms with van der Waals surface area (Å²) in [7, 11) is 3.66. The highest BCUT2D eigenvalue weighted by Gasteiger charge is 2.52. The third-order valence-corrected chi connectivity index (χ3v) is 6.66. The van der Waals surface area contributed by atoms with Crippen LogP contribution < -0.4 is 15.0 Å². The zero-order valence-corrected chi connectivity index (χ0v) is 17.9. The summed E-state index contributed by atoms with van der Waals surface area (Å²) >= 11 is 0. The van der Waals surface area contributed by atoms with E-state index in [1.54, 1.807) is 13.3 Å². The smallest absolute Gasteiger partial charge is 0.229 e. The van der Waals surface area contributed by atoms with Crippen molar-refractivity contribution in [3.63, 3.8) is 0 Å². The van der Waals surface area contributed by atoms with E-state index in [1.807, 2.05) is 31.6 Å². The molecule has 1 N–H and O–H groups in total. The van der Waals surface area contributed by atoms with Gasteiger partial charge in [0.2, 0.25) is 5.95 Å². The highest BCUT2D eigenvalue weighted by molar-refractivity contribution is 5.72. The molecular weight excluding hydrogens is 374 g/mol. The van der Waals surface area contributed by atoms with E-state index in [0.29, 0.717) is 0 Å². The predicted molar refractivity (Wildman–Crippen MR) is 118 cm³/mol. The Balaban J connectivity index is 1.50. The van der Waals surface area contributed by atoms with E-state index in [1.165, 1.54) is 29.7 Å². The Hall–Kier alpha value is -2.99. The molecule has 0 unspecified atom stereocenters. The fourth-order valence-corrected chi connectivity index (χ4v) is 4.26. The maximum atomic E-state index is 5.30. The third kappa shape index (κ3) is 3.03. The first-order valence-corrected chi connectivity index (χ1v) is 10.4. The number of aromatic nitrogens is 3. The predicted octanol–water partition coefficient (Wildman–Crippen LogP) is 4.19. The normalized spacial score (nSPS) is 16.6. The van der Waals surface area contributed by atoms with Gasteiger partial charge in [-0.15, -0.1) is 0 Å². The maximum absolute atomic E-state index is 5.30. The van der Waals surface area contributed by atoms with Gasteiger partial charge in [-0.25, -0.2) is 9.97 Å². The van der Waals surface area contributed by atoms with E-state index in [4.69, 9.17) is 14.7 Å². The van der Waals surface area contributed by atoms with E-state index in [2.05, 4.69) is 47.2 Å². The van der Waals surface area contributed by atoms with Crippen molar-refractivity contribution in [3.8, 4) is 17.0 Å². The van der Waals surface area contributed by atoms with Crippen LogP contribution in [-0.2, 0) is 11.0 Å². The van der Waals surface area contributed by atoms with Gasteiger partial charge in [0.05, 0.1) is 12.8 Å². The van der Waals surface area contributed by atoms with Gasteiger partial charge in [0.15, 0.2) is 0 Å². The third-order valence-electron chi connectivity index (χ3n) is 6.66. The fraction of sp³-hybridized carbons (Fsp3) is 0.375. The molecule has 6 nitrogen and oxygen atoms in total. The number of benzene rings is 1. The zero-order valence-electron chi connectivity index (χ0n) is 17.9. The van der Waals surface area contributed by atoms with E-state index in [9.17, 15) is 0 Å². The van der Waals surface area contributed by atoms with Crippen LogP contribution in [0, 0.1) is 0 Å². The molecule has 3 heterocycles. The summed E-state index contributed by atoms with van der Waals surface area (Å²) in [6.45, 7) is 5.35. The van der Waals surface area contributed by atoms with Gasteiger partial charge in [-0.3, -0.25) is 4.98 Å². The molecule has 1 spiro atoms. The van der Waals surface area contributed by atoms with Crippen LogP contribution in [0.1, 0.15) is 37.8 Å². The van der Waals surface area contributed by atoms with Crippen molar-refractivity contribution in [3.05, 3.63) is 60.0 Å². The van der Waals surface area contributed by atoms with Crippen LogP contribution >= 0.6 is 0 Å². The second-order valence-electron chi connectivity index (χ2n) is 8.83. The molecule has 1 fully saturated rings. The van der Waals surface area contributed by atoms with Gasteiger partial charge < -0.3 is 15.0 Å². The lowest BCUT2D eigenvalue weighted by molar-refractivity contribution is 0.414. The Morgan fingerprint density at radius 1 is 1.07 bits per heavy atom. The first-order chi connectivity index (χ1) is 14.5. The number of ether oxygens (including phenoxy) is 1. The van der Waals surface area contributed by atoms with Gasteiger partial charge in [0, 0.05) is 53.4 Å². The number of fused-ring (bicyclic) bond motifs is 2. The summed E-state index contributed by atoms with van der Waals surface area (Å²) in [5.74, 6) is 1.51. The molecule has 0 radical (unpaired) electrons. The van der Waals surface area contributed by atoms with Gasteiger partial charge in [0.25, 0.3) is 0 Å². The molecule has 6 heteroatoms. The first-order valence-electron chi connectivity index (χ1n) is 10.4. The molecule has 0 saturated heterocycles. The number of pyridine rings is 1. The summed E-state index contributed by atoms with van der Waals surface area (Å²) in [5, 5.41) is 3.41. The number of anilines is 2. The molecule has 30 heavy (non-hydrogen) atoms. The molecular formula is C24H27N5O. The van der Waals surface area contributed by atoms with Crippen molar-refractivity contribution in [2.75, 3.05) is 25.6 Å². The van der Waals surface area contributed by atoms with Crippen molar-refractivity contribution in [2.24, 2.45) is 0 Å². The Morgan fingerprint density at radius 3 is 2.50 bits per heavy atom. The van der Waals surface area contributed by atoms with Crippen LogP contribution in [0.15, 0.2) is 48.9 Å². The molecule has 2 aromatic heterocycles. The Kier molecular flexibility index (Phi) is 4.29. The van der Waals surface area contributed by atoms with Crippen molar-refractivity contribution in [1.82, 2.24) is 20.3 Å². The molecule has 1 aromatic carbocycles. The molecule has 0 amide bonds. The summed E-state index contributed by atoms with van der Waals surface area (Å²) in [6, 6.07) is 10.6. The van der Waals surface area contributed by atoms with Crippen molar-refractivity contribution < 1.29 is 4.74 Å². The minimum atomic E-state index is -0.0945. The average Bonchev–Trinajstić information content (AvgIpc) is 3.50. The lowest BCUT2D eigenvalue weighted by Crippen LogP contribution is -2.33. The zero-order chi connectivity index (χ0) is 20.9. The molecule has 154 valence electrons. The monoisotopic (exact) mass is 401 g/mol. The minimum absolute atomic E-state index is 0.0945. The van der Waals surface area contributed by atoms with Crippen LogP contribution in [0.4, 0.5) is 11.6 Å². The van der Waals surface area contributed by atoms with Crippen molar-refractivity contribution in [1.29, 1.82) is 0 Å². The Labute approximate surface area is 177 Å². The van der Waals surface area contributed by atoms with Gasteiger partial charge in [0.1, 0.15) is 5.75 Å². The summed E-state index contributed by atoms with van der Waals surface area (Å²) in [6.07, 6.45) is 7.90. The number of methoxy groups -OCH3 is 1. The maximum Gasteiger partial charge on any atom is 0.229 e. The highest BCUT2D eigenvalue weighted by Crippen LogP contribution is 2.58. The Bertz CT molecular complexity index is 1090. The average molecular weight is 402 g/mol. The lowest BCUT2D eigenvalue weighted by Gasteiger charge is -2.26. The molecule has 1 aliphatic carbocycles. The van der Waals surface area contributed by atoms with Crippen LogP contribution in [0.5, 0.6) is 5.75 Å². The van der Waals surface area contributed by atoms with Crippen LogP contribution in [0.3, 0.4) is 0 Å². The molecule has 0 atom stereocenters. The number of hydrogen-bond donors (Lipinski definition) is 1. The van der Waals surface area contributed by atoms with E-state index in [-0.39, 0.29) is 11.0 Å². The molecule has 1 aliphatic heterocycles. The van der Waals surface area contributed by atoms with Gasteiger partial charge in [-0.1, -0.05) is 12.1 Å². The molecule has 5 rings (SSSR count). The van der Waals surface area contributed by atoms with Gasteiger partial charge >= 0.3 is 0 Å². The van der Waals surface area contributed by atoms with Crippen molar-refractivity contribution >= 4 is 11.6 Å². The van der Waals surface area contributed by atoms with Crippen LogP contribution in [0.25, 0.3) is 11.3 Å². The number of rotatable bonds is 5. The minimum Gasteiger partial charge on any atom is -0.497 e. The van der Waals surface area contributed by atoms with E-state index >= 15 is 0 Å². The number of nitrogens with one attached hydrogen (secondary N) is 1. The number of nitrogens with zero attached hydrogens (tertiary/aromatic N) is 4. The second kappa shape index (κ2) is 6.77.